The standard InChI is InChI=1S/C11H16O3/c1-3-14-11(13-2)8-9-6-4-5-7-10(9)12/h4-7,11-12H,3,8H2,1-2H3. The molecule has 0 amide bonds. The highest BCUT2D eigenvalue weighted by Crippen LogP contribution is 2.18. The summed E-state index contributed by atoms with van der Waals surface area (Å²) in [6.07, 6.45) is 0.282. The maximum absolute atomic E-state index is 9.51. The lowest BCUT2D eigenvalue weighted by Gasteiger charge is -2.15. The van der Waals surface area contributed by atoms with Gasteiger partial charge in [0.1, 0.15) is 5.75 Å². The molecule has 1 rings (SSSR count). The Morgan fingerprint density at radius 1 is 1.36 bits per heavy atom. The predicted octanol–water partition coefficient (Wildman–Crippen LogP) is 1.94. The lowest BCUT2D eigenvalue weighted by Crippen LogP contribution is -2.18. The molecule has 0 fully saturated rings. The summed E-state index contributed by atoms with van der Waals surface area (Å²) in [5, 5.41) is 9.51. The van der Waals surface area contributed by atoms with E-state index >= 15 is 0 Å². The van der Waals surface area contributed by atoms with E-state index in [0.29, 0.717) is 13.0 Å². The van der Waals surface area contributed by atoms with Gasteiger partial charge in [-0.2, -0.15) is 0 Å². The van der Waals surface area contributed by atoms with Gasteiger partial charge in [0.15, 0.2) is 6.29 Å². The van der Waals surface area contributed by atoms with Gasteiger partial charge in [0.05, 0.1) is 0 Å². The summed E-state index contributed by atoms with van der Waals surface area (Å²) >= 11 is 0. The van der Waals surface area contributed by atoms with Crippen molar-refractivity contribution in [1.29, 1.82) is 0 Å². The molecule has 1 N–H and O–H groups in total. The van der Waals surface area contributed by atoms with Gasteiger partial charge in [0, 0.05) is 20.1 Å². The van der Waals surface area contributed by atoms with Gasteiger partial charge in [0.2, 0.25) is 0 Å². The minimum Gasteiger partial charge on any atom is -0.508 e. The minimum atomic E-state index is -0.284. The summed E-state index contributed by atoms with van der Waals surface area (Å²) in [5.74, 6) is 0.286. The van der Waals surface area contributed by atoms with Crippen LogP contribution in [0, 0.1) is 0 Å². The van der Waals surface area contributed by atoms with Crippen LogP contribution in [0.4, 0.5) is 0 Å². The molecular weight excluding hydrogens is 180 g/mol. The van der Waals surface area contributed by atoms with Crippen LogP contribution in [0.2, 0.25) is 0 Å². The molecule has 1 unspecified atom stereocenters. The minimum absolute atomic E-state index is 0.284. The quantitative estimate of drug-likeness (QED) is 0.731. The van der Waals surface area contributed by atoms with E-state index in [1.165, 1.54) is 0 Å². The highest BCUT2D eigenvalue weighted by Gasteiger charge is 2.09. The summed E-state index contributed by atoms with van der Waals surface area (Å²) in [6.45, 7) is 2.52. The Bertz CT molecular complexity index is 273. The number of benzene rings is 1. The number of phenolic OH excluding ortho intramolecular Hbond substituents is 1. The number of aromatic hydroxyl groups is 1. The normalized spacial score (nSPS) is 12.7. The molecule has 0 aliphatic carbocycles. The number of hydrogen-bond donors (Lipinski definition) is 1. The van der Waals surface area contributed by atoms with Crippen LogP contribution in [0.5, 0.6) is 5.75 Å². The predicted molar refractivity (Wildman–Crippen MR) is 54.2 cm³/mol. The number of phenols is 1. The summed E-state index contributed by atoms with van der Waals surface area (Å²) in [6, 6.07) is 7.20. The molecule has 0 bridgehead atoms. The summed E-state index contributed by atoms with van der Waals surface area (Å²) in [7, 11) is 1.60. The zero-order valence-corrected chi connectivity index (χ0v) is 8.56. The molecular formula is C11H16O3. The van der Waals surface area contributed by atoms with Crippen molar-refractivity contribution in [2.24, 2.45) is 0 Å². The van der Waals surface area contributed by atoms with Crippen molar-refractivity contribution in [3.8, 4) is 5.75 Å². The Balaban J connectivity index is 2.62. The number of hydrogen-bond acceptors (Lipinski definition) is 3. The van der Waals surface area contributed by atoms with E-state index in [1.54, 1.807) is 19.2 Å². The molecule has 0 spiro atoms. The van der Waals surface area contributed by atoms with Crippen molar-refractivity contribution in [2.45, 2.75) is 19.6 Å². The molecule has 0 radical (unpaired) electrons. The van der Waals surface area contributed by atoms with Crippen molar-refractivity contribution in [1.82, 2.24) is 0 Å². The summed E-state index contributed by atoms with van der Waals surface area (Å²) in [5.41, 5.74) is 0.841. The van der Waals surface area contributed by atoms with Gasteiger partial charge in [-0.3, -0.25) is 0 Å². The maximum Gasteiger partial charge on any atom is 0.161 e. The van der Waals surface area contributed by atoms with Crippen LogP contribution >= 0.6 is 0 Å². The molecule has 3 heteroatoms. The fourth-order valence-corrected chi connectivity index (χ4v) is 1.26. The van der Waals surface area contributed by atoms with Crippen LogP contribution in [-0.2, 0) is 15.9 Å². The maximum atomic E-state index is 9.51. The number of ether oxygens (including phenoxy) is 2. The lowest BCUT2D eigenvalue weighted by atomic mass is 10.1. The Morgan fingerprint density at radius 3 is 2.64 bits per heavy atom. The van der Waals surface area contributed by atoms with E-state index in [0.717, 1.165) is 5.56 Å². The fraction of sp³-hybridized carbons (Fsp3) is 0.455. The highest BCUT2D eigenvalue weighted by atomic mass is 16.7. The first-order chi connectivity index (χ1) is 6.77. The van der Waals surface area contributed by atoms with Gasteiger partial charge < -0.3 is 14.6 Å². The second-order valence-electron chi connectivity index (χ2n) is 2.95. The first kappa shape index (κ1) is 11.0. The van der Waals surface area contributed by atoms with Crippen molar-refractivity contribution in [3.05, 3.63) is 29.8 Å². The third-order valence-corrected chi connectivity index (χ3v) is 1.99. The van der Waals surface area contributed by atoms with E-state index in [-0.39, 0.29) is 12.0 Å². The smallest absolute Gasteiger partial charge is 0.161 e. The molecule has 0 aliphatic rings. The van der Waals surface area contributed by atoms with Crippen LogP contribution < -0.4 is 0 Å². The van der Waals surface area contributed by atoms with Gasteiger partial charge >= 0.3 is 0 Å². The second-order valence-corrected chi connectivity index (χ2v) is 2.95. The van der Waals surface area contributed by atoms with Crippen LogP contribution in [0.25, 0.3) is 0 Å². The third-order valence-electron chi connectivity index (χ3n) is 1.99. The Kier molecular flexibility index (Phi) is 4.43. The van der Waals surface area contributed by atoms with Gasteiger partial charge in [-0.25, -0.2) is 0 Å². The molecule has 14 heavy (non-hydrogen) atoms. The Hall–Kier alpha value is -1.06. The van der Waals surface area contributed by atoms with Crippen LogP contribution in [0.3, 0.4) is 0 Å². The first-order valence-corrected chi connectivity index (χ1v) is 4.69. The average molecular weight is 196 g/mol. The van der Waals surface area contributed by atoms with Gasteiger partial charge in [-0.1, -0.05) is 18.2 Å². The molecule has 0 aliphatic heterocycles. The van der Waals surface area contributed by atoms with E-state index in [9.17, 15) is 5.11 Å². The Labute approximate surface area is 84.3 Å². The zero-order chi connectivity index (χ0) is 10.4. The lowest BCUT2D eigenvalue weighted by molar-refractivity contribution is -0.118. The second kappa shape index (κ2) is 5.62. The van der Waals surface area contributed by atoms with Gasteiger partial charge in [-0.05, 0) is 18.6 Å². The molecule has 0 saturated heterocycles. The van der Waals surface area contributed by atoms with Crippen molar-refractivity contribution in [3.63, 3.8) is 0 Å². The molecule has 0 saturated carbocycles. The van der Waals surface area contributed by atoms with Crippen LogP contribution in [0.1, 0.15) is 12.5 Å². The van der Waals surface area contributed by atoms with Crippen molar-refractivity contribution < 1.29 is 14.6 Å². The van der Waals surface area contributed by atoms with E-state index < -0.39 is 0 Å². The van der Waals surface area contributed by atoms with Crippen LogP contribution in [0.15, 0.2) is 24.3 Å². The number of rotatable bonds is 5. The first-order valence-electron chi connectivity index (χ1n) is 4.69. The highest BCUT2D eigenvalue weighted by molar-refractivity contribution is 5.31. The SMILES string of the molecule is CCOC(Cc1ccccc1O)OC. The molecule has 3 nitrogen and oxygen atoms in total. The molecule has 1 aromatic carbocycles. The molecule has 1 atom stereocenters. The number of para-hydroxylation sites is 1. The molecule has 1 aromatic rings. The van der Waals surface area contributed by atoms with Gasteiger partial charge in [0.25, 0.3) is 0 Å². The monoisotopic (exact) mass is 196 g/mol. The van der Waals surface area contributed by atoms with E-state index in [4.69, 9.17) is 9.47 Å². The largest absolute Gasteiger partial charge is 0.508 e. The third kappa shape index (κ3) is 3.01. The van der Waals surface area contributed by atoms with Crippen molar-refractivity contribution >= 4 is 0 Å². The van der Waals surface area contributed by atoms with Crippen LogP contribution in [-0.4, -0.2) is 25.1 Å². The molecule has 0 aromatic heterocycles. The summed E-state index contributed by atoms with van der Waals surface area (Å²) in [4.78, 5) is 0. The topological polar surface area (TPSA) is 38.7 Å². The summed E-state index contributed by atoms with van der Waals surface area (Å²) < 4.78 is 10.4. The number of methoxy groups -OCH3 is 1. The van der Waals surface area contributed by atoms with Gasteiger partial charge in [-0.15, -0.1) is 0 Å². The van der Waals surface area contributed by atoms with E-state index in [2.05, 4.69) is 0 Å². The van der Waals surface area contributed by atoms with E-state index in [1.807, 2.05) is 19.1 Å². The average Bonchev–Trinajstić information content (AvgIpc) is 2.20. The Morgan fingerprint density at radius 2 is 2.07 bits per heavy atom. The fourth-order valence-electron chi connectivity index (χ4n) is 1.26. The zero-order valence-electron chi connectivity index (χ0n) is 8.56. The molecule has 0 heterocycles. The molecule has 78 valence electrons. The van der Waals surface area contributed by atoms with Crippen molar-refractivity contribution in [2.75, 3.05) is 13.7 Å².